The van der Waals surface area contributed by atoms with E-state index in [1.54, 1.807) is 19.3 Å². The minimum atomic E-state index is 0.692. The molecule has 58 valence electrons. The van der Waals surface area contributed by atoms with Crippen molar-refractivity contribution in [2.24, 2.45) is 4.99 Å². The number of thiol groups is 1. The molecule has 11 heavy (non-hydrogen) atoms. The van der Waals surface area contributed by atoms with Gasteiger partial charge in [-0.3, -0.25) is 0 Å². The maximum absolute atomic E-state index is 4.08. The Kier molecular flexibility index (Phi) is 2.48. The first kappa shape index (κ1) is 8.07. The highest BCUT2D eigenvalue weighted by Crippen LogP contribution is 2.14. The Morgan fingerprint density at radius 2 is 2.64 bits per heavy atom. The van der Waals surface area contributed by atoms with Crippen LogP contribution in [0.4, 0.5) is 5.82 Å². The monoisotopic (exact) mass is 167 g/mol. The lowest BCUT2D eigenvalue weighted by molar-refractivity contribution is 1.30. The van der Waals surface area contributed by atoms with Gasteiger partial charge in [0.15, 0.2) is 5.82 Å². The van der Waals surface area contributed by atoms with Gasteiger partial charge < -0.3 is 4.98 Å². The van der Waals surface area contributed by atoms with Crippen molar-refractivity contribution in [3.8, 4) is 0 Å². The molecule has 0 aliphatic heterocycles. The number of nitrogens with zero attached hydrogens (tertiary/aromatic N) is 2. The summed E-state index contributed by atoms with van der Waals surface area (Å²) in [7, 11) is 0. The molecule has 0 spiro atoms. The predicted molar refractivity (Wildman–Crippen MR) is 50.4 cm³/mol. The average molecular weight is 167 g/mol. The second kappa shape index (κ2) is 3.39. The van der Waals surface area contributed by atoms with Crippen molar-refractivity contribution >= 4 is 29.6 Å². The lowest BCUT2D eigenvalue weighted by Gasteiger charge is -1.89. The number of imidazole rings is 1. The first-order valence-electron chi connectivity index (χ1n) is 3.14. The van der Waals surface area contributed by atoms with Crippen LogP contribution in [-0.4, -0.2) is 15.0 Å². The summed E-state index contributed by atoms with van der Waals surface area (Å²) in [5, 5.41) is 0.692. The Balaban J connectivity index is 3.03. The van der Waals surface area contributed by atoms with E-state index in [-0.39, 0.29) is 0 Å². The third kappa shape index (κ3) is 1.94. The first-order valence-corrected chi connectivity index (χ1v) is 3.59. The van der Waals surface area contributed by atoms with Gasteiger partial charge in [0.1, 0.15) is 5.69 Å². The van der Waals surface area contributed by atoms with Crippen LogP contribution in [0.1, 0.15) is 12.6 Å². The zero-order valence-corrected chi connectivity index (χ0v) is 7.10. The quantitative estimate of drug-likeness (QED) is 0.395. The van der Waals surface area contributed by atoms with Gasteiger partial charge in [-0.25, -0.2) is 9.98 Å². The molecular weight excluding hydrogens is 158 g/mol. The van der Waals surface area contributed by atoms with Crippen molar-refractivity contribution < 1.29 is 0 Å². The van der Waals surface area contributed by atoms with Crippen LogP contribution >= 0.6 is 12.6 Å². The minimum absolute atomic E-state index is 0.692. The van der Waals surface area contributed by atoms with E-state index in [1.165, 1.54) is 0 Å². The van der Waals surface area contributed by atoms with Crippen LogP contribution < -0.4 is 0 Å². The summed E-state index contributed by atoms with van der Waals surface area (Å²) in [6, 6.07) is 0. The zero-order chi connectivity index (χ0) is 8.27. The first-order chi connectivity index (χ1) is 5.24. The van der Waals surface area contributed by atoms with E-state index in [4.69, 9.17) is 0 Å². The van der Waals surface area contributed by atoms with Gasteiger partial charge in [0.25, 0.3) is 0 Å². The number of aliphatic imine (C=N–C) groups is 1. The van der Waals surface area contributed by atoms with E-state index in [0.29, 0.717) is 10.9 Å². The number of hydrogen-bond donors (Lipinski definition) is 2. The molecule has 1 aromatic rings. The van der Waals surface area contributed by atoms with Crippen molar-refractivity contribution in [1.29, 1.82) is 0 Å². The fourth-order valence-corrected chi connectivity index (χ4v) is 0.799. The number of aromatic nitrogens is 2. The molecule has 0 bridgehead atoms. The van der Waals surface area contributed by atoms with Crippen LogP contribution in [0.2, 0.25) is 0 Å². The molecule has 0 unspecified atom stereocenters. The molecule has 3 nitrogen and oxygen atoms in total. The van der Waals surface area contributed by atoms with Gasteiger partial charge >= 0.3 is 0 Å². The van der Waals surface area contributed by atoms with Crippen LogP contribution in [0.25, 0.3) is 6.08 Å². The van der Waals surface area contributed by atoms with E-state index in [1.807, 2.05) is 0 Å². The predicted octanol–water partition coefficient (Wildman–Crippen LogP) is 2.03. The Hall–Kier alpha value is -1.03. The summed E-state index contributed by atoms with van der Waals surface area (Å²) >= 11 is 4.04. The fourth-order valence-electron chi connectivity index (χ4n) is 0.699. The summed E-state index contributed by atoms with van der Waals surface area (Å²) < 4.78 is 0. The van der Waals surface area contributed by atoms with E-state index >= 15 is 0 Å². The summed E-state index contributed by atoms with van der Waals surface area (Å²) in [6.07, 6.45) is 3.22. The second-order valence-electron chi connectivity index (χ2n) is 2.00. The highest BCUT2D eigenvalue weighted by Gasteiger charge is 1.97. The normalized spacial score (nSPS) is 11.6. The molecule has 0 radical (unpaired) electrons. The highest BCUT2D eigenvalue weighted by atomic mass is 32.1. The van der Waals surface area contributed by atoms with Crippen LogP contribution in [-0.2, 0) is 0 Å². The van der Waals surface area contributed by atoms with Gasteiger partial charge in [-0.05, 0) is 13.0 Å². The van der Waals surface area contributed by atoms with Crippen molar-refractivity contribution in [2.45, 2.75) is 6.92 Å². The van der Waals surface area contributed by atoms with E-state index in [0.717, 1.165) is 5.69 Å². The largest absolute Gasteiger partial charge is 0.329 e. The molecule has 1 heterocycles. The molecule has 0 aromatic carbocycles. The molecule has 1 rings (SSSR count). The Morgan fingerprint density at radius 1 is 1.91 bits per heavy atom. The Bertz CT molecular complexity index is 284. The summed E-state index contributed by atoms with van der Waals surface area (Å²) in [6.45, 7) is 5.40. The molecule has 0 atom stereocenters. The van der Waals surface area contributed by atoms with Gasteiger partial charge in [0.2, 0.25) is 0 Å². The van der Waals surface area contributed by atoms with Gasteiger partial charge in [-0.1, -0.05) is 6.58 Å². The summed E-state index contributed by atoms with van der Waals surface area (Å²) in [5.41, 5.74) is 0.749. The summed E-state index contributed by atoms with van der Waals surface area (Å²) in [5.74, 6) is 0.701. The molecule has 4 heteroatoms. The third-order valence-corrected chi connectivity index (χ3v) is 1.21. The van der Waals surface area contributed by atoms with Crippen molar-refractivity contribution in [1.82, 2.24) is 9.97 Å². The second-order valence-corrected chi connectivity index (χ2v) is 2.65. The molecular formula is C7H9N3S. The standard InChI is InChI=1S/C7H9N3S/c1-3-6-7(9-4-8-6)10-5(2)11/h3-4H,1H2,2H3,(H,8,9)(H,10,11). The molecule has 1 N–H and O–H groups in total. The minimum Gasteiger partial charge on any atom is -0.329 e. The number of nitrogens with one attached hydrogen (secondary N) is 1. The van der Waals surface area contributed by atoms with Crippen molar-refractivity contribution in [3.05, 3.63) is 18.6 Å². The average Bonchev–Trinajstić information content (AvgIpc) is 2.34. The summed E-state index contributed by atoms with van der Waals surface area (Å²) in [4.78, 5) is 10.9. The maximum atomic E-state index is 4.08. The number of aromatic amines is 1. The van der Waals surface area contributed by atoms with Gasteiger partial charge in [-0.15, -0.1) is 12.6 Å². The highest BCUT2D eigenvalue weighted by molar-refractivity contribution is 7.96. The molecule has 0 saturated heterocycles. The van der Waals surface area contributed by atoms with Crippen molar-refractivity contribution in [2.75, 3.05) is 0 Å². The molecule has 0 saturated carbocycles. The molecule has 0 fully saturated rings. The zero-order valence-electron chi connectivity index (χ0n) is 6.20. The van der Waals surface area contributed by atoms with E-state index < -0.39 is 0 Å². The molecule has 0 aliphatic carbocycles. The van der Waals surface area contributed by atoms with Crippen LogP contribution in [0.15, 0.2) is 17.9 Å². The topological polar surface area (TPSA) is 41.0 Å². The smallest absolute Gasteiger partial charge is 0.157 e. The number of rotatable bonds is 2. The SMILES string of the molecule is C=Cc1nc[nH]c1/N=C(\C)S. The molecule has 1 aromatic heterocycles. The Labute approximate surface area is 70.7 Å². The molecule has 0 amide bonds. The number of H-pyrrole nitrogens is 1. The van der Waals surface area contributed by atoms with Crippen LogP contribution in [0, 0.1) is 0 Å². The Morgan fingerprint density at radius 3 is 3.18 bits per heavy atom. The van der Waals surface area contributed by atoms with Gasteiger partial charge in [0.05, 0.1) is 11.4 Å². The lowest BCUT2D eigenvalue weighted by atomic mass is 10.4. The maximum Gasteiger partial charge on any atom is 0.157 e. The van der Waals surface area contributed by atoms with E-state index in [9.17, 15) is 0 Å². The van der Waals surface area contributed by atoms with Gasteiger partial charge in [0, 0.05) is 0 Å². The van der Waals surface area contributed by atoms with Crippen LogP contribution in [0.5, 0.6) is 0 Å². The molecule has 0 aliphatic rings. The third-order valence-electron chi connectivity index (χ3n) is 1.11. The van der Waals surface area contributed by atoms with Crippen molar-refractivity contribution in [3.63, 3.8) is 0 Å². The van der Waals surface area contributed by atoms with Crippen LogP contribution in [0.3, 0.4) is 0 Å². The number of hydrogen-bond acceptors (Lipinski definition) is 2. The van der Waals surface area contributed by atoms with E-state index in [2.05, 4.69) is 34.2 Å². The lowest BCUT2D eigenvalue weighted by Crippen LogP contribution is -1.76. The van der Waals surface area contributed by atoms with Gasteiger partial charge in [-0.2, -0.15) is 0 Å². The fraction of sp³-hybridized carbons (Fsp3) is 0.143.